The maximum absolute atomic E-state index is 8.05. The Morgan fingerprint density at radius 1 is 1.86 bits per heavy atom. The molecule has 1 N–H and O–H groups in total. The lowest BCUT2D eigenvalue weighted by Gasteiger charge is -1.79. The topological polar surface area (TPSA) is 41.8 Å². The highest BCUT2D eigenvalue weighted by atomic mass is 32.2. The zero-order chi connectivity index (χ0) is 5.11. The molecule has 0 aliphatic carbocycles. The van der Waals surface area contributed by atoms with Crippen LogP contribution in [0.3, 0.4) is 0 Å². The van der Waals surface area contributed by atoms with Crippen LogP contribution in [-0.2, 0) is 4.18 Å². The van der Waals surface area contributed by atoms with Crippen molar-refractivity contribution in [1.82, 2.24) is 0 Å². The largest absolute Gasteiger partial charge is 0.410 e. The predicted octanol–water partition coefficient (Wildman–Crippen LogP) is 0.843. The fourth-order valence-corrected chi connectivity index (χ4v) is 0.850. The summed E-state index contributed by atoms with van der Waals surface area (Å²) in [4.78, 5) is 0. The molecule has 0 spiro atoms. The van der Waals surface area contributed by atoms with Gasteiger partial charge in [-0.3, -0.25) is 0 Å². The Kier molecular flexibility index (Phi) is 1.54. The first-order valence-corrected chi connectivity index (χ1v) is 2.68. The van der Waals surface area contributed by atoms with Crippen LogP contribution in [-0.4, -0.2) is 16.9 Å². The molecule has 3 nitrogen and oxygen atoms in total. The standard InChI is InChI=1S/C3H5NO2S/c5-4-3-1-2-6-7-3/h5H,1-2H2. The van der Waals surface area contributed by atoms with Gasteiger partial charge >= 0.3 is 0 Å². The molecule has 0 atom stereocenters. The van der Waals surface area contributed by atoms with Crippen molar-refractivity contribution < 1.29 is 9.39 Å². The zero-order valence-corrected chi connectivity index (χ0v) is 4.44. The van der Waals surface area contributed by atoms with Gasteiger partial charge in [0.2, 0.25) is 0 Å². The molecule has 7 heavy (non-hydrogen) atoms. The SMILES string of the molecule is ON=C1CCOS1. The Morgan fingerprint density at radius 2 is 2.71 bits per heavy atom. The molecule has 0 amide bonds. The minimum atomic E-state index is 0.667. The maximum Gasteiger partial charge on any atom is 0.142 e. The van der Waals surface area contributed by atoms with E-state index in [1.54, 1.807) is 0 Å². The molecule has 0 bridgehead atoms. The van der Waals surface area contributed by atoms with E-state index in [2.05, 4.69) is 5.16 Å². The van der Waals surface area contributed by atoms with Gasteiger partial charge in [0, 0.05) is 18.5 Å². The molecule has 1 aliphatic rings. The highest BCUT2D eigenvalue weighted by Gasteiger charge is 2.09. The van der Waals surface area contributed by atoms with Gasteiger partial charge in [0.25, 0.3) is 0 Å². The lowest BCUT2D eigenvalue weighted by atomic mass is 10.5. The lowest BCUT2D eigenvalue weighted by Crippen LogP contribution is -1.81. The summed E-state index contributed by atoms with van der Waals surface area (Å²) in [6.07, 6.45) is 0.751. The van der Waals surface area contributed by atoms with E-state index < -0.39 is 0 Å². The predicted molar refractivity (Wildman–Crippen MR) is 27.4 cm³/mol. The van der Waals surface area contributed by atoms with E-state index in [9.17, 15) is 0 Å². The van der Waals surface area contributed by atoms with Crippen LogP contribution in [0, 0.1) is 0 Å². The highest BCUT2D eigenvalue weighted by molar-refractivity contribution is 8.10. The van der Waals surface area contributed by atoms with Crippen molar-refractivity contribution in [2.75, 3.05) is 6.61 Å². The van der Waals surface area contributed by atoms with Crippen LogP contribution in [0.5, 0.6) is 0 Å². The van der Waals surface area contributed by atoms with E-state index >= 15 is 0 Å². The molecular weight excluding hydrogens is 114 g/mol. The molecule has 1 aliphatic heterocycles. The van der Waals surface area contributed by atoms with E-state index in [4.69, 9.17) is 9.39 Å². The summed E-state index contributed by atoms with van der Waals surface area (Å²) in [5.74, 6) is 0. The maximum atomic E-state index is 8.05. The minimum absolute atomic E-state index is 0.667. The number of hydrogen-bond acceptors (Lipinski definition) is 4. The quantitative estimate of drug-likeness (QED) is 0.292. The Labute approximate surface area is 45.6 Å². The number of nitrogens with zero attached hydrogens (tertiary/aromatic N) is 1. The monoisotopic (exact) mass is 119 g/mol. The fourth-order valence-electron chi connectivity index (χ4n) is 0.347. The molecule has 1 heterocycles. The summed E-state index contributed by atoms with van der Waals surface area (Å²) in [6, 6.07) is 0. The van der Waals surface area contributed by atoms with E-state index in [0.29, 0.717) is 11.7 Å². The first-order valence-electron chi connectivity index (χ1n) is 1.94. The van der Waals surface area contributed by atoms with Crippen LogP contribution in [0.15, 0.2) is 5.16 Å². The van der Waals surface area contributed by atoms with Crippen molar-refractivity contribution in [3.63, 3.8) is 0 Å². The number of rotatable bonds is 0. The third-order valence-corrected chi connectivity index (χ3v) is 1.43. The molecule has 1 rings (SSSR count). The normalized spacial score (nSPS) is 26.6. The second-order valence-electron chi connectivity index (χ2n) is 1.15. The second kappa shape index (κ2) is 2.18. The van der Waals surface area contributed by atoms with Crippen LogP contribution in [0.4, 0.5) is 0 Å². The first-order chi connectivity index (χ1) is 3.43. The summed E-state index contributed by atoms with van der Waals surface area (Å²) in [7, 11) is 0. The molecule has 1 saturated heterocycles. The third kappa shape index (κ3) is 1.07. The Balaban J connectivity index is 2.41. The van der Waals surface area contributed by atoms with Crippen LogP contribution in [0.2, 0.25) is 0 Å². The van der Waals surface area contributed by atoms with Gasteiger partial charge in [-0.1, -0.05) is 5.16 Å². The Bertz CT molecular complexity index is 84.9. The van der Waals surface area contributed by atoms with E-state index in [-0.39, 0.29) is 0 Å². The van der Waals surface area contributed by atoms with Crippen LogP contribution in [0.25, 0.3) is 0 Å². The molecule has 4 heteroatoms. The van der Waals surface area contributed by atoms with Crippen LogP contribution in [0.1, 0.15) is 6.42 Å². The van der Waals surface area contributed by atoms with Crippen LogP contribution < -0.4 is 0 Å². The van der Waals surface area contributed by atoms with Gasteiger partial charge in [0.05, 0.1) is 6.61 Å². The van der Waals surface area contributed by atoms with Crippen molar-refractivity contribution in [1.29, 1.82) is 0 Å². The molecule has 0 aromatic heterocycles. The highest BCUT2D eigenvalue weighted by Crippen LogP contribution is 2.16. The van der Waals surface area contributed by atoms with Gasteiger partial charge in [0.1, 0.15) is 5.04 Å². The zero-order valence-electron chi connectivity index (χ0n) is 3.63. The van der Waals surface area contributed by atoms with E-state index in [1.807, 2.05) is 0 Å². The van der Waals surface area contributed by atoms with Crippen molar-refractivity contribution in [3.05, 3.63) is 0 Å². The second-order valence-corrected chi connectivity index (χ2v) is 2.02. The molecule has 0 radical (unpaired) electrons. The first kappa shape index (κ1) is 4.93. The third-order valence-electron chi connectivity index (χ3n) is 0.666. The van der Waals surface area contributed by atoms with Crippen molar-refractivity contribution in [2.45, 2.75) is 6.42 Å². The van der Waals surface area contributed by atoms with E-state index in [1.165, 1.54) is 0 Å². The fraction of sp³-hybridized carbons (Fsp3) is 0.667. The smallest absolute Gasteiger partial charge is 0.142 e. The van der Waals surface area contributed by atoms with Crippen LogP contribution >= 0.6 is 12.0 Å². The van der Waals surface area contributed by atoms with Gasteiger partial charge in [-0.05, 0) is 0 Å². The molecular formula is C3H5NO2S. The van der Waals surface area contributed by atoms with Gasteiger partial charge in [0.15, 0.2) is 0 Å². The van der Waals surface area contributed by atoms with Gasteiger partial charge in [-0.15, -0.1) is 0 Å². The molecule has 40 valence electrons. The molecule has 0 aromatic rings. The summed E-state index contributed by atoms with van der Waals surface area (Å²) in [6.45, 7) is 0.671. The summed E-state index contributed by atoms with van der Waals surface area (Å²) >= 11 is 1.14. The average molecular weight is 119 g/mol. The van der Waals surface area contributed by atoms with E-state index in [0.717, 1.165) is 18.5 Å². The Hall–Kier alpha value is -0.220. The molecule has 0 unspecified atom stereocenters. The number of hydrogen-bond donors (Lipinski definition) is 1. The van der Waals surface area contributed by atoms with Gasteiger partial charge in [-0.2, -0.15) is 0 Å². The van der Waals surface area contributed by atoms with Gasteiger partial charge < -0.3 is 9.39 Å². The average Bonchev–Trinajstić information content (AvgIpc) is 2.14. The minimum Gasteiger partial charge on any atom is -0.410 e. The Morgan fingerprint density at radius 3 is 3.00 bits per heavy atom. The lowest BCUT2D eigenvalue weighted by molar-refractivity contribution is 0.319. The van der Waals surface area contributed by atoms with Gasteiger partial charge in [-0.25, -0.2) is 0 Å². The van der Waals surface area contributed by atoms with Crippen molar-refractivity contribution in [3.8, 4) is 0 Å². The summed E-state index contributed by atoms with van der Waals surface area (Å²) < 4.78 is 4.77. The van der Waals surface area contributed by atoms with Crippen molar-refractivity contribution in [2.24, 2.45) is 5.16 Å². The molecule has 1 fully saturated rings. The number of oxime groups is 1. The van der Waals surface area contributed by atoms with Crippen molar-refractivity contribution >= 4 is 17.1 Å². The summed E-state index contributed by atoms with van der Waals surface area (Å²) in [5, 5.41) is 11.7. The molecule has 0 aromatic carbocycles. The summed E-state index contributed by atoms with van der Waals surface area (Å²) in [5.41, 5.74) is 0. The molecule has 0 saturated carbocycles.